The number of halogens is 1. The normalized spacial score (nSPS) is 33.2. The first-order valence-corrected chi connectivity index (χ1v) is 6.80. The Labute approximate surface area is 97.3 Å². The van der Waals surface area contributed by atoms with Crippen molar-refractivity contribution < 1.29 is 5.11 Å². The predicted molar refractivity (Wildman–Crippen MR) is 63.5 cm³/mol. The van der Waals surface area contributed by atoms with Gasteiger partial charge in [0.2, 0.25) is 0 Å². The maximum absolute atomic E-state index is 10.5. The van der Waals surface area contributed by atoms with Gasteiger partial charge in [0.1, 0.15) is 0 Å². The topological polar surface area (TPSA) is 20.2 Å². The number of hydrogen-bond acceptors (Lipinski definition) is 2. The van der Waals surface area contributed by atoms with Gasteiger partial charge in [-0.05, 0) is 52.9 Å². The number of rotatable bonds is 1. The van der Waals surface area contributed by atoms with E-state index in [-0.39, 0.29) is 0 Å². The summed E-state index contributed by atoms with van der Waals surface area (Å²) in [4.78, 5) is 0. The minimum atomic E-state index is -0.564. The molecule has 0 saturated heterocycles. The van der Waals surface area contributed by atoms with E-state index in [4.69, 9.17) is 0 Å². The van der Waals surface area contributed by atoms with Crippen LogP contribution >= 0.6 is 27.3 Å². The zero-order valence-corrected chi connectivity index (χ0v) is 10.7. The third-order valence-electron chi connectivity index (χ3n) is 3.22. The van der Waals surface area contributed by atoms with Crippen LogP contribution in [0.5, 0.6) is 0 Å². The zero-order chi connectivity index (χ0) is 10.2. The molecule has 0 bridgehead atoms. The van der Waals surface area contributed by atoms with Gasteiger partial charge in [-0.2, -0.15) is 11.3 Å². The monoisotopic (exact) mass is 274 g/mol. The van der Waals surface area contributed by atoms with Crippen molar-refractivity contribution in [3.8, 4) is 0 Å². The summed E-state index contributed by atoms with van der Waals surface area (Å²) >= 11 is 5.15. The van der Waals surface area contributed by atoms with E-state index in [2.05, 4.69) is 28.2 Å². The van der Waals surface area contributed by atoms with Crippen molar-refractivity contribution >= 4 is 27.3 Å². The highest BCUT2D eigenvalue weighted by atomic mass is 79.9. The summed E-state index contributed by atoms with van der Waals surface area (Å²) in [6.07, 6.45) is 4.09. The molecule has 1 aliphatic carbocycles. The molecule has 14 heavy (non-hydrogen) atoms. The second-order valence-corrected chi connectivity index (χ2v) is 5.95. The van der Waals surface area contributed by atoms with Gasteiger partial charge in [0.15, 0.2) is 0 Å². The summed E-state index contributed by atoms with van der Waals surface area (Å²) in [6.45, 7) is 2.27. The molecule has 1 saturated carbocycles. The van der Waals surface area contributed by atoms with E-state index < -0.39 is 5.60 Å². The van der Waals surface area contributed by atoms with Crippen LogP contribution in [-0.2, 0) is 5.60 Å². The van der Waals surface area contributed by atoms with Gasteiger partial charge in [-0.25, -0.2) is 0 Å². The second kappa shape index (κ2) is 3.95. The smallest absolute Gasteiger partial charge is 0.0915 e. The molecule has 0 amide bonds. The molecule has 1 aliphatic rings. The molecular formula is C11H15BrOS. The second-order valence-electron chi connectivity index (χ2n) is 4.35. The van der Waals surface area contributed by atoms with Gasteiger partial charge in [-0.15, -0.1) is 0 Å². The lowest BCUT2D eigenvalue weighted by atomic mass is 9.77. The Bertz CT molecular complexity index is 313. The first-order chi connectivity index (χ1) is 6.62. The van der Waals surface area contributed by atoms with E-state index in [1.807, 2.05) is 5.38 Å². The highest BCUT2D eigenvalue weighted by Crippen LogP contribution is 2.43. The maximum Gasteiger partial charge on any atom is 0.0915 e. The molecule has 1 heterocycles. The highest BCUT2D eigenvalue weighted by molar-refractivity contribution is 9.10. The van der Waals surface area contributed by atoms with Crippen LogP contribution in [0, 0.1) is 5.92 Å². The van der Waals surface area contributed by atoms with E-state index in [0.29, 0.717) is 0 Å². The van der Waals surface area contributed by atoms with Crippen LogP contribution in [0.4, 0.5) is 0 Å². The fraction of sp³-hybridized carbons (Fsp3) is 0.636. The molecule has 78 valence electrons. The Morgan fingerprint density at radius 2 is 2.07 bits per heavy atom. The fourth-order valence-corrected chi connectivity index (χ4v) is 3.88. The lowest BCUT2D eigenvalue weighted by molar-refractivity contribution is -0.0122. The van der Waals surface area contributed by atoms with E-state index in [9.17, 15) is 5.11 Å². The van der Waals surface area contributed by atoms with Gasteiger partial charge in [0.05, 0.1) is 5.60 Å². The van der Waals surface area contributed by atoms with Crippen molar-refractivity contribution in [2.45, 2.75) is 38.2 Å². The molecule has 0 radical (unpaired) electrons. The third kappa shape index (κ3) is 1.90. The van der Waals surface area contributed by atoms with E-state index >= 15 is 0 Å². The van der Waals surface area contributed by atoms with Gasteiger partial charge in [0.25, 0.3) is 0 Å². The van der Waals surface area contributed by atoms with Crippen molar-refractivity contribution in [3.05, 3.63) is 20.8 Å². The number of thiophene rings is 1. The van der Waals surface area contributed by atoms with Crippen LogP contribution in [0.1, 0.15) is 38.2 Å². The molecule has 1 fully saturated rings. The predicted octanol–water partition coefficient (Wildman–Crippen LogP) is 3.91. The van der Waals surface area contributed by atoms with Gasteiger partial charge in [-0.1, -0.05) is 6.92 Å². The minimum Gasteiger partial charge on any atom is -0.385 e. The van der Waals surface area contributed by atoms with Crippen LogP contribution in [0.25, 0.3) is 0 Å². The standard InChI is InChI=1S/C11H15BrOS/c1-8-2-4-11(13,5-3-8)9-6-14-7-10(9)12/h6-8,13H,2-5H2,1H3. The molecule has 1 N–H and O–H groups in total. The Kier molecular flexibility index (Phi) is 3.01. The summed E-state index contributed by atoms with van der Waals surface area (Å²) in [5, 5.41) is 14.6. The van der Waals surface area contributed by atoms with Crippen LogP contribution in [0.15, 0.2) is 15.2 Å². The van der Waals surface area contributed by atoms with Gasteiger partial charge < -0.3 is 5.11 Å². The molecule has 0 unspecified atom stereocenters. The fourth-order valence-electron chi connectivity index (χ4n) is 2.12. The van der Waals surface area contributed by atoms with Gasteiger partial charge in [0, 0.05) is 15.4 Å². The lowest BCUT2D eigenvalue weighted by Crippen LogP contribution is -2.30. The Hall–Kier alpha value is 0.140. The first-order valence-electron chi connectivity index (χ1n) is 5.06. The minimum absolute atomic E-state index is 0.564. The highest BCUT2D eigenvalue weighted by Gasteiger charge is 2.35. The molecule has 2 rings (SSSR count). The van der Waals surface area contributed by atoms with Crippen molar-refractivity contribution in [2.24, 2.45) is 5.92 Å². The van der Waals surface area contributed by atoms with Crippen LogP contribution in [0.3, 0.4) is 0 Å². The lowest BCUT2D eigenvalue weighted by Gasteiger charge is -2.34. The first kappa shape index (κ1) is 10.7. The van der Waals surface area contributed by atoms with Crippen molar-refractivity contribution in [1.82, 2.24) is 0 Å². The molecule has 0 atom stereocenters. The van der Waals surface area contributed by atoms with Gasteiger partial charge >= 0.3 is 0 Å². The third-order valence-corrected chi connectivity index (χ3v) is 4.92. The largest absolute Gasteiger partial charge is 0.385 e. The summed E-state index contributed by atoms with van der Waals surface area (Å²) in [6, 6.07) is 0. The SMILES string of the molecule is CC1CCC(O)(c2cscc2Br)CC1. The Morgan fingerprint density at radius 3 is 2.57 bits per heavy atom. The van der Waals surface area contributed by atoms with Crippen molar-refractivity contribution in [2.75, 3.05) is 0 Å². The molecule has 3 heteroatoms. The molecule has 0 spiro atoms. The van der Waals surface area contributed by atoms with Crippen molar-refractivity contribution in [3.63, 3.8) is 0 Å². The summed E-state index contributed by atoms with van der Waals surface area (Å²) in [7, 11) is 0. The van der Waals surface area contributed by atoms with E-state index in [1.54, 1.807) is 11.3 Å². The van der Waals surface area contributed by atoms with Crippen molar-refractivity contribution in [1.29, 1.82) is 0 Å². The van der Waals surface area contributed by atoms with Crippen LogP contribution in [0.2, 0.25) is 0 Å². The number of hydrogen-bond donors (Lipinski definition) is 1. The molecular weight excluding hydrogens is 260 g/mol. The summed E-state index contributed by atoms with van der Waals surface area (Å²) in [5.74, 6) is 0.771. The maximum atomic E-state index is 10.5. The molecule has 0 aromatic carbocycles. The quantitative estimate of drug-likeness (QED) is 0.824. The van der Waals surface area contributed by atoms with Crippen LogP contribution in [-0.4, -0.2) is 5.11 Å². The zero-order valence-electron chi connectivity index (χ0n) is 8.29. The van der Waals surface area contributed by atoms with Crippen LogP contribution < -0.4 is 0 Å². The Morgan fingerprint density at radius 1 is 1.43 bits per heavy atom. The Balaban J connectivity index is 2.21. The molecule has 1 aromatic heterocycles. The molecule has 1 nitrogen and oxygen atoms in total. The van der Waals surface area contributed by atoms with E-state index in [1.165, 1.54) is 0 Å². The molecule has 0 aliphatic heterocycles. The average molecular weight is 275 g/mol. The summed E-state index contributed by atoms with van der Waals surface area (Å²) in [5.41, 5.74) is 0.528. The number of aliphatic hydroxyl groups is 1. The molecule has 1 aromatic rings. The summed E-state index contributed by atoms with van der Waals surface area (Å²) < 4.78 is 1.07. The average Bonchev–Trinajstić information content (AvgIpc) is 2.58. The van der Waals surface area contributed by atoms with Gasteiger partial charge in [-0.3, -0.25) is 0 Å². The van der Waals surface area contributed by atoms with E-state index in [0.717, 1.165) is 41.6 Å².